The van der Waals surface area contributed by atoms with Crippen LogP contribution in [-0.4, -0.2) is 35.0 Å². The molecule has 0 fully saturated rings. The van der Waals surface area contributed by atoms with Gasteiger partial charge in [0.25, 0.3) is 11.8 Å². The zero-order valence-corrected chi connectivity index (χ0v) is 17.3. The number of anilines is 2. The number of hydrogen-bond donors (Lipinski definition) is 1. The van der Waals surface area contributed by atoms with Crippen LogP contribution in [0.5, 0.6) is 5.75 Å². The van der Waals surface area contributed by atoms with Gasteiger partial charge in [-0.3, -0.25) is 14.6 Å². The highest BCUT2D eigenvalue weighted by Gasteiger charge is 2.37. The van der Waals surface area contributed by atoms with Gasteiger partial charge in [-0.2, -0.15) is 13.2 Å². The molecule has 31 heavy (non-hydrogen) atoms. The molecule has 4 rings (SSSR count). The summed E-state index contributed by atoms with van der Waals surface area (Å²) in [7, 11) is 1.45. The first-order chi connectivity index (χ1) is 14.7. The summed E-state index contributed by atoms with van der Waals surface area (Å²) in [5.41, 5.74) is 0.704. The predicted octanol–water partition coefficient (Wildman–Crippen LogP) is 4.45. The monoisotopic (exact) mass is 450 g/mol. The van der Waals surface area contributed by atoms with E-state index < -0.39 is 22.9 Å². The van der Waals surface area contributed by atoms with Crippen molar-refractivity contribution >= 4 is 34.5 Å². The molecule has 0 aromatic carbocycles. The van der Waals surface area contributed by atoms with Gasteiger partial charge >= 0.3 is 6.18 Å². The summed E-state index contributed by atoms with van der Waals surface area (Å²) >= 11 is 0.527. The molecule has 4 heterocycles. The maximum Gasteiger partial charge on any atom is 0.425 e. The fourth-order valence-corrected chi connectivity index (χ4v) is 4.23. The van der Waals surface area contributed by atoms with E-state index >= 15 is 0 Å². The average Bonchev–Trinajstić information content (AvgIpc) is 3.39. The van der Waals surface area contributed by atoms with Gasteiger partial charge in [-0.05, 0) is 19.1 Å². The van der Waals surface area contributed by atoms with Crippen molar-refractivity contribution in [2.75, 3.05) is 23.9 Å². The fraction of sp³-hybridized carbons (Fsp3) is 0.250. The Morgan fingerprint density at radius 1 is 1.35 bits per heavy atom. The lowest BCUT2D eigenvalue weighted by Crippen LogP contribution is -2.42. The summed E-state index contributed by atoms with van der Waals surface area (Å²) in [6, 6.07) is 3.81. The molecular formula is C20H17F3N4O3S. The molecule has 3 aromatic heterocycles. The van der Waals surface area contributed by atoms with E-state index in [1.807, 2.05) is 6.92 Å². The molecule has 1 aliphatic heterocycles. The van der Waals surface area contributed by atoms with Gasteiger partial charge < -0.3 is 19.5 Å². The number of hydrogen-bond acceptors (Lipinski definition) is 5. The first-order valence-electron chi connectivity index (χ1n) is 9.18. The van der Waals surface area contributed by atoms with Crippen LogP contribution < -0.4 is 15.0 Å². The molecular weight excluding hydrogens is 433 g/mol. The van der Waals surface area contributed by atoms with E-state index in [0.717, 1.165) is 6.07 Å². The van der Waals surface area contributed by atoms with Crippen LogP contribution in [-0.2, 0) is 6.18 Å². The minimum Gasteiger partial charge on any atom is -0.494 e. The van der Waals surface area contributed by atoms with E-state index in [-0.39, 0.29) is 29.5 Å². The van der Waals surface area contributed by atoms with E-state index in [4.69, 9.17) is 4.74 Å². The number of carbonyl (C=O) groups excluding carboxylic acids is 2. The van der Waals surface area contributed by atoms with Crippen molar-refractivity contribution in [2.45, 2.75) is 19.1 Å². The number of rotatable bonds is 4. The Hall–Kier alpha value is -3.34. The second-order valence-corrected chi connectivity index (χ2v) is 7.86. The van der Waals surface area contributed by atoms with Crippen molar-refractivity contribution in [3.63, 3.8) is 0 Å². The Labute approximate surface area is 179 Å². The third-order valence-corrected chi connectivity index (χ3v) is 5.92. The topological polar surface area (TPSA) is 76.5 Å². The quantitative estimate of drug-likeness (QED) is 0.638. The van der Waals surface area contributed by atoms with E-state index in [0.29, 0.717) is 22.8 Å². The summed E-state index contributed by atoms with van der Waals surface area (Å²) in [5, 5.41) is 3.97. The van der Waals surface area contributed by atoms with Crippen LogP contribution in [0.4, 0.5) is 24.5 Å². The maximum atomic E-state index is 13.2. The molecule has 1 aliphatic rings. The highest BCUT2D eigenvalue weighted by Crippen LogP contribution is 2.38. The Bertz CT molecular complexity index is 1150. The first kappa shape index (κ1) is 20.9. The van der Waals surface area contributed by atoms with Crippen LogP contribution in [0.1, 0.15) is 38.7 Å². The molecule has 2 amide bonds. The van der Waals surface area contributed by atoms with Gasteiger partial charge in [-0.15, -0.1) is 11.3 Å². The van der Waals surface area contributed by atoms with Crippen molar-refractivity contribution in [3.05, 3.63) is 58.3 Å². The smallest absolute Gasteiger partial charge is 0.425 e. The highest BCUT2D eigenvalue weighted by atomic mass is 32.1. The minimum absolute atomic E-state index is 0.110. The van der Waals surface area contributed by atoms with Gasteiger partial charge in [0.2, 0.25) is 0 Å². The first-order valence-corrected chi connectivity index (χ1v) is 10.1. The van der Waals surface area contributed by atoms with Crippen molar-refractivity contribution in [3.8, 4) is 5.75 Å². The maximum absolute atomic E-state index is 13.2. The van der Waals surface area contributed by atoms with E-state index in [9.17, 15) is 22.8 Å². The molecule has 0 bridgehead atoms. The number of thiophene rings is 1. The zero-order valence-electron chi connectivity index (χ0n) is 16.4. The minimum atomic E-state index is -4.48. The number of fused-ring (bicyclic) bond motifs is 1. The van der Waals surface area contributed by atoms with Crippen molar-refractivity contribution in [1.29, 1.82) is 0 Å². The van der Waals surface area contributed by atoms with E-state index in [1.54, 1.807) is 16.8 Å². The number of carbonyl (C=O) groups is 2. The van der Waals surface area contributed by atoms with Crippen molar-refractivity contribution in [2.24, 2.45) is 0 Å². The largest absolute Gasteiger partial charge is 0.494 e. The van der Waals surface area contributed by atoms with Crippen LogP contribution in [0.25, 0.3) is 0 Å². The summed E-state index contributed by atoms with van der Waals surface area (Å²) in [5.74, 6) is -0.697. The second-order valence-electron chi connectivity index (χ2n) is 6.95. The van der Waals surface area contributed by atoms with Crippen LogP contribution in [0.3, 0.4) is 0 Å². The Morgan fingerprint density at radius 3 is 2.81 bits per heavy atom. The summed E-state index contributed by atoms with van der Waals surface area (Å²) < 4.78 is 45.9. The number of alkyl halides is 3. The second kappa shape index (κ2) is 7.73. The van der Waals surface area contributed by atoms with Crippen LogP contribution >= 0.6 is 11.3 Å². The predicted molar refractivity (Wildman–Crippen MR) is 109 cm³/mol. The van der Waals surface area contributed by atoms with Gasteiger partial charge in [0, 0.05) is 36.4 Å². The third kappa shape index (κ3) is 3.76. The molecule has 162 valence electrons. The normalized spacial score (nSPS) is 16.2. The molecule has 1 atom stereocenters. The Morgan fingerprint density at radius 2 is 2.13 bits per heavy atom. The van der Waals surface area contributed by atoms with E-state index in [1.165, 1.54) is 35.8 Å². The number of pyridine rings is 1. The van der Waals surface area contributed by atoms with Crippen LogP contribution in [0, 0.1) is 0 Å². The number of methoxy groups -OCH3 is 1. The summed E-state index contributed by atoms with van der Waals surface area (Å²) in [6.45, 7) is 2.01. The lowest BCUT2D eigenvalue weighted by Gasteiger charge is -2.32. The fourth-order valence-electron chi connectivity index (χ4n) is 3.47. The zero-order chi connectivity index (χ0) is 22.3. The summed E-state index contributed by atoms with van der Waals surface area (Å²) in [4.78, 5) is 30.6. The molecule has 11 heteroatoms. The van der Waals surface area contributed by atoms with E-state index in [2.05, 4.69) is 10.3 Å². The highest BCUT2D eigenvalue weighted by molar-refractivity contribution is 7.10. The number of nitrogens with one attached hydrogen (secondary N) is 1. The number of amides is 2. The molecule has 0 saturated heterocycles. The van der Waals surface area contributed by atoms with Gasteiger partial charge in [0.15, 0.2) is 0 Å². The summed E-state index contributed by atoms with van der Waals surface area (Å²) in [6.07, 6.45) is 0.0642. The molecule has 0 unspecified atom stereocenters. The van der Waals surface area contributed by atoms with Crippen LogP contribution in [0.15, 0.2) is 42.2 Å². The van der Waals surface area contributed by atoms with Crippen molar-refractivity contribution in [1.82, 2.24) is 9.55 Å². The van der Waals surface area contributed by atoms with Gasteiger partial charge in [-0.1, -0.05) is 0 Å². The third-order valence-electron chi connectivity index (χ3n) is 4.96. The molecule has 1 N–H and O–H groups in total. The molecule has 0 saturated carbocycles. The Kier molecular flexibility index (Phi) is 5.21. The van der Waals surface area contributed by atoms with Gasteiger partial charge in [0.1, 0.15) is 22.0 Å². The molecule has 3 aromatic rings. The number of halogens is 3. The van der Waals surface area contributed by atoms with Crippen molar-refractivity contribution < 1.29 is 27.5 Å². The SMILES string of the molecule is COc1ccncc1NC(=O)c1ccn2c1C(=O)N(c1csc(C(F)(F)F)c1)C[C@@H]2C. The standard InChI is InChI=1S/C20H17F3N4O3S/c1-11-9-27(12-7-16(31-10-12)20(21,22)23)19(29)17-13(4-6-26(11)17)18(28)25-14-8-24-5-3-15(14)30-2/h3-8,10-11H,9H2,1-2H3,(H,25,28)/t11-/m0/s1. The lowest BCUT2D eigenvalue weighted by molar-refractivity contribution is -0.134. The molecule has 0 spiro atoms. The number of nitrogens with zero attached hydrogens (tertiary/aromatic N) is 3. The lowest BCUT2D eigenvalue weighted by atomic mass is 10.1. The molecule has 0 radical (unpaired) electrons. The molecule has 7 nitrogen and oxygen atoms in total. The van der Waals surface area contributed by atoms with Crippen LogP contribution in [0.2, 0.25) is 0 Å². The number of aromatic nitrogens is 2. The van der Waals surface area contributed by atoms with Gasteiger partial charge in [0.05, 0.1) is 24.6 Å². The van der Waals surface area contributed by atoms with Gasteiger partial charge in [-0.25, -0.2) is 0 Å². The Balaban J connectivity index is 1.66. The number of ether oxygens (including phenoxy) is 1. The average molecular weight is 450 g/mol. The molecule has 0 aliphatic carbocycles.